The first-order chi connectivity index (χ1) is 12.4. The zero-order chi connectivity index (χ0) is 19.0. The summed E-state index contributed by atoms with van der Waals surface area (Å²) < 4.78 is 28.5. The van der Waals surface area contributed by atoms with Crippen molar-refractivity contribution in [1.29, 1.82) is 0 Å². The molecular formula is C19H30N2O4S. The molecule has 26 heavy (non-hydrogen) atoms. The van der Waals surface area contributed by atoms with Crippen molar-refractivity contribution in [2.24, 2.45) is 0 Å². The lowest BCUT2D eigenvalue weighted by atomic mass is 10.0. The van der Waals surface area contributed by atoms with E-state index in [2.05, 4.69) is 12.2 Å². The number of amides is 1. The molecule has 1 aromatic rings. The number of sulfone groups is 1. The molecule has 0 spiro atoms. The van der Waals surface area contributed by atoms with Crippen LogP contribution in [-0.2, 0) is 14.6 Å². The van der Waals surface area contributed by atoms with Crippen LogP contribution in [0.3, 0.4) is 0 Å². The van der Waals surface area contributed by atoms with Crippen LogP contribution in [0.2, 0.25) is 0 Å². The molecule has 2 rings (SSSR count). The van der Waals surface area contributed by atoms with Crippen molar-refractivity contribution in [1.82, 2.24) is 10.2 Å². The van der Waals surface area contributed by atoms with Crippen LogP contribution in [0.15, 0.2) is 29.2 Å². The van der Waals surface area contributed by atoms with E-state index < -0.39 is 9.84 Å². The Hall–Kier alpha value is -1.60. The molecule has 1 aromatic carbocycles. The standard InChI is InChI=1S/C19H30N2O4S/c1-3-14-21(16-10-12-20-13-11-16)19(22)5-4-15-25-17-6-8-18(9-7-17)26(2,23)24/h6-9,16,20H,3-5,10-15H2,1-2H3. The Balaban J connectivity index is 1.77. The second kappa shape index (κ2) is 9.92. The van der Waals surface area contributed by atoms with Crippen molar-refractivity contribution >= 4 is 15.7 Å². The molecule has 0 unspecified atom stereocenters. The molecule has 6 nitrogen and oxygen atoms in total. The van der Waals surface area contributed by atoms with Gasteiger partial charge in [-0.3, -0.25) is 4.79 Å². The van der Waals surface area contributed by atoms with Gasteiger partial charge in [0.15, 0.2) is 9.84 Å². The van der Waals surface area contributed by atoms with E-state index >= 15 is 0 Å². The quantitative estimate of drug-likeness (QED) is 0.663. The molecule has 1 aliphatic heterocycles. The number of carbonyl (C=O) groups excluding carboxylic acids is 1. The maximum absolute atomic E-state index is 12.6. The van der Waals surface area contributed by atoms with E-state index in [4.69, 9.17) is 4.74 Å². The van der Waals surface area contributed by atoms with Gasteiger partial charge in [-0.25, -0.2) is 8.42 Å². The molecular weight excluding hydrogens is 352 g/mol. The van der Waals surface area contributed by atoms with Crippen LogP contribution in [0.1, 0.15) is 39.0 Å². The highest BCUT2D eigenvalue weighted by Crippen LogP contribution is 2.17. The van der Waals surface area contributed by atoms with Crippen LogP contribution in [-0.4, -0.2) is 57.8 Å². The fourth-order valence-corrected chi connectivity index (χ4v) is 3.84. The minimum atomic E-state index is -3.19. The van der Waals surface area contributed by atoms with Gasteiger partial charge in [-0.2, -0.15) is 0 Å². The number of hydrogen-bond acceptors (Lipinski definition) is 5. The summed E-state index contributed by atoms with van der Waals surface area (Å²) in [7, 11) is -3.19. The maximum Gasteiger partial charge on any atom is 0.222 e. The van der Waals surface area contributed by atoms with Crippen LogP contribution in [0, 0.1) is 0 Å². The number of piperidine rings is 1. The van der Waals surface area contributed by atoms with Crippen molar-refractivity contribution in [3.63, 3.8) is 0 Å². The smallest absolute Gasteiger partial charge is 0.222 e. The van der Waals surface area contributed by atoms with Gasteiger partial charge in [0, 0.05) is 25.3 Å². The molecule has 0 bridgehead atoms. The summed E-state index contributed by atoms with van der Waals surface area (Å²) in [6.07, 6.45) is 5.32. The second-order valence-corrected chi connectivity index (χ2v) is 8.78. The second-order valence-electron chi connectivity index (χ2n) is 6.76. The van der Waals surface area contributed by atoms with Crippen LogP contribution in [0.25, 0.3) is 0 Å². The van der Waals surface area contributed by atoms with Crippen molar-refractivity contribution in [2.75, 3.05) is 32.5 Å². The Morgan fingerprint density at radius 2 is 1.88 bits per heavy atom. The number of carbonyl (C=O) groups is 1. The van der Waals surface area contributed by atoms with E-state index in [0.717, 1.165) is 38.9 Å². The van der Waals surface area contributed by atoms with Crippen LogP contribution in [0.4, 0.5) is 0 Å². The van der Waals surface area contributed by atoms with Gasteiger partial charge in [-0.1, -0.05) is 6.92 Å². The highest BCUT2D eigenvalue weighted by atomic mass is 32.2. The largest absolute Gasteiger partial charge is 0.494 e. The third-order valence-corrected chi connectivity index (χ3v) is 5.72. The van der Waals surface area contributed by atoms with Crippen molar-refractivity contribution in [3.8, 4) is 5.75 Å². The Morgan fingerprint density at radius 1 is 1.23 bits per heavy atom. The first-order valence-corrected chi connectivity index (χ1v) is 11.2. The molecule has 146 valence electrons. The first kappa shape index (κ1) is 20.7. The first-order valence-electron chi connectivity index (χ1n) is 9.35. The summed E-state index contributed by atoms with van der Waals surface area (Å²) in [6, 6.07) is 6.73. The lowest BCUT2D eigenvalue weighted by molar-refractivity contribution is -0.134. The topological polar surface area (TPSA) is 75.7 Å². The van der Waals surface area contributed by atoms with Crippen LogP contribution < -0.4 is 10.1 Å². The molecule has 0 saturated carbocycles. The average Bonchev–Trinajstić information content (AvgIpc) is 2.63. The summed E-state index contributed by atoms with van der Waals surface area (Å²) in [4.78, 5) is 14.9. The molecule has 1 heterocycles. The van der Waals surface area contributed by atoms with Crippen LogP contribution >= 0.6 is 0 Å². The van der Waals surface area contributed by atoms with Gasteiger partial charge in [0.25, 0.3) is 0 Å². The lowest BCUT2D eigenvalue weighted by Crippen LogP contribution is -2.46. The van der Waals surface area contributed by atoms with E-state index in [1.807, 2.05) is 4.90 Å². The van der Waals surface area contributed by atoms with Crippen molar-refractivity contribution in [3.05, 3.63) is 24.3 Å². The number of ether oxygens (including phenoxy) is 1. The van der Waals surface area contributed by atoms with Gasteiger partial charge >= 0.3 is 0 Å². The third-order valence-electron chi connectivity index (χ3n) is 4.59. The normalized spacial score (nSPS) is 15.6. The van der Waals surface area contributed by atoms with Gasteiger partial charge in [0.2, 0.25) is 5.91 Å². The zero-order valence-corrected chi connectivity index (χ0v) is 16.6. The number of nitrogens with zero attached hydrogens (tertiary/aromatic N) is 1. The SMILES string of the molecule is CCCN(C(=O)CCCOc1ccc(S(C)(=O)=O)cc1)C1CCNCC1. The lowest BCUT2D eigenvalue weighted by Gasteiger charge is -2.34. The van der Waals surface area contributed by atoms with E-state index in [0.29, 0.717) is 31.2 Å². The fraction of sp³-hybridized carbons (Fsp3) is 0.632. The van der Waals surface area contributed by atoms with E-state index in [1.165, 1.54) is 18.4 Å². The van der Waals surface area contributed by atoms with Crippen molar-refractivity contribution < 1.29 is 17.9 Å². The predicted molar refractivity (Wildman–Crippen MR) is 102 cm³/mol. The highest BCUT2D eigenvalue weighted by Gasteiger charge is 2.24. The van der Waals surface area contributed by atoms with E-state index in [9.17, 15) is 13.2 Å². The minimum absolute atomic E-state index is 0.203. The molecule has 1 N–H and O–H groups in total. The van der Waals surface area contributed by atoms with E-state index in [-0.39, 0.29) is 10.8 Å². The minimum Gasteiger partial charge on any atom is -0.494 e. The number of nitrogens with one attached hydrogen (secondary N) is 1. The highest BCUT2D eigenvalue weighted by molar-refractivity contribution is 7.90. The van der Waals surface area contributed by atoms with Gasteiger partial charge in [-0.05, 0) is 63.0 Å². The zero-order valence-electron chi connectivity index (χ0n) is 15.7. The van der Waals surface area contributed by atoms with Gasteiger partial charge in [0.1, 0.15) is 5.75 Å². The summed E-state index contributed by atoms with van der Waals surface area (Å²) >= 11 is 0. The Labute approximate surface area is 156 Å². The Bertz CT molecular complexity index is 667. The molecule has 1 amide bonds. The van der Waals surface area contributed by atoms with E-state index in [1.54, 1.807) is 12.1 Å². The molecule has 1 fully saturated rings. The van der Waals surface area contributed by atoms with Crippen molar-refractivity contribution in [2.45, 2.75) is 50.0 Å². The number of hydrogen-bond donors (Lipinski definition) is 1. The Morgan fingerprint density at radius 3 is 2.46 bits per heavy atom. The molecule has 7 heteroatoms. The molecule has 0 atom stereocenters. The fourth-order valence-electron chi connectivity index (χ4n) is 3.21. The van der Waals surface area contributed by atoms with Gasteiger partial charge < -0.3 is 15.0 Å². The van der Waals surface area contributed by atoms with Crippen LogP contribution in [0.5, 0.6) is 5.75 Å². The molecule has 0 radical (unpaired) electrons. The molecule has 0 aliphatic carbocycles. The third kappa shape index (κ3) is 6.29. The van der Waals surface area contributed by atoms with Gasteiger partial charge in [-0.15, -0.1) is 0 Å². The number of rotatable bonds is 9. The molecule has 0 aromatic heterocycles. The Kier molecular flexibility index (Phi) is 7.90. The summed E-state index contributed by atoms with van der Waals surface area (Å²) in [5.41, 5.74) is 0. The maximum atomic E-state index is 12.6. The monoisotopic (exact) mass is 382 g/mol. The summed E-state index contributed by atoms with van der Waals surface area (Å²) in [5, 5.41) is 3.34. The average molecular weight is 383 g/mol. The van der Waals surface area contributed by atoms with Gasteiger partial charge in [0.05, 0.1) is 11.5 Å². The molecule has 1 saturated heterocycles. The molecule has 1 aliphatic rings. The summed E-state index contributed by atoms with van der Waals surface area (Å²) in [6.45, 7) is 5.31. The number of benzene rings is 1. The summed E-state index contributed by atoms with van der Waals surface area (Å²) in [5.74, 6) is 0.823. The predicted octanol–water partition coefficient (Wildman–Crippen LogP) is 2.24.